The molecule has 186 valence electrons. The molecule has 2 aliphatic heterocycles. The van der Waals surface area contributed by atoms with Crippen molar-refractivity contribution in [1.82, 2.24) is 10.2 Å². The third-order valence-electron chi connectivity index (χ3n) is 7.54. The molecule has 34 heavy (non-hydrogen) atoms. The summed E-state index contributed by atoms with van der Waals surface area (Å²) < 4.78 is 27.0. The molecule has 0 aliphatic carbocycles. The maximum atomic E-state index is 15.4. The summed E-state index contributed by atoms with van der Waals surface area (Å²) in [6, 6.07) is 9.69. The van der Waals surface area contributed by atoms with Crippen molar-refractivity contribution in [3.05, 3.63) is 41.7 Å². The standard InChI is InChI=1S/C25H38FN5O2Si/c1-25(2,3)34(5,6)33-18-19-8-7-9-21(24(19)26)29-12-14-30(15-13-29)22-10-11-23(28-27-22)31-16-20(17-31)32-4/h7-11,20H,12-18H2,1-6H3. The van der Waals surface area contributed by atoms with Gasteiger partial charge in [0.1, 0.15) is 0 Å². The second-order valence-corrected chi connectivity index (χ2v) is 15.6. The first-order valence-corrected chi connectivity index (χ1v) is 15.0. The number of piperazine rings is 1. The molecule has 0 N–H and O–H groups in total. The average molecular weight is 488 g/mol. The Bertz CT molecular complexity index is 968. The van der Waals surface area contributed by atoms with Crippen LogP contribution in [-0.2, 0) is 15.8 Å². The van der Waals surface area contributed by atoms with Gasteiger partial charge in [0.05, 0.1) is 18.4 Å². The third-order valence-corrected chi connectivity index (χ3v) is 12.0. The number of methoxy groups -OCH3 is 1. The first kappa shape index (κ1) is 24.9. The Morgan fingerprint density at radius 3 is 2.09 bits per heavy atom. The summed E-state index contributed by atoms with van der Waals surface area (Å²) in [6.07, 6.45) is 0.284. The molecule has 2 aromatic rings. The largest absolute Gasteiger partial charge is 0.412 e. The van der Waals surface area contributed by atoms with Crippen molar-refractivity contribution in [3.63, 3.8) is 0 Å². The van der Waals surface area contributed by atoms with Gasteiger partial charge < -0.3 is 23.9 Å². The van der Waals surface area contributed by atoms with Crippen LogP contribution in [0.15, 0.2) is 30.3 Å². The Balaban J connectivity index is 1.35. The molecule has 0 spiro atoms. The third kappa shape index (κ3) is 5.21. The van der Waals surface area contributed by atoms with Gasteiger partial charge in [0.25, 0.3) is 0 Å². The molecule has 9 heteroatoms. The Kier molecular flexibility index (Phi) is 7.16. The fraction of sp³-hybridized carbons (Fsp3) is 0.600. The minimum absolute atomic E-state index is 0.0973. The fourth-order valence-corrected chi connectivity index (χ4v) is 4.95. The van der Waals surface area contributed by atoms with E-state index < -0.39 is 8.32 Å². The lowest BCUT2D eigenvalue weighted by Gasteiger charge is -2.39. The lowest BCUT2D eigenvalue weighted by Crippen LogP contribution is -2.52. The van der Waals surface area contributed by atoms with Crippen LogP contribution in [0.4, 0.5) is 21.7 Å². The van der Waals surface area contributed by atoms with E-state index in [0.29, 0.717) is 17.9 Å². The monoisotopic (exact) mass is 487 g/mol. The summed E-state index contributed by atoms with van der Waals surface area (Å²) >= 11 is 0. The number of ether oxygens (including phenoxy) is 1. The van der Waals surface area contributed by atoms with E-state index in [1.54, 1.807) is 7.11 Å². The molecule has 1 aromatic carbocycles. The Morgan fingerprint density at radius 2 is 1.53 bits per heavy atom. The van der Waals surface area contributed by atoms with Gasteiger partial charge in [-0.1, -0.05) is 32.9 Å². The maximum Gasteiger partial charge on any atom is 0.192 e. The minimum atomic E-state index is -1.94. The lowest BCUT2D eigenvalue weighted by atomic mass is 10.1. The van der Waals surface area contributed by atoms with Crippen LogP contribution in [0.5, 0.6) is 0 Å². The highest BCUT2D eigenvalue weighted by Gasteiger charge is 2.37. The van der Waals surface area contributed by atoms with Crippen molar-refractivity contribution >= 4 is 25.6 Å². The molecular formula is C25H38FN5O2Si. The van der Waals surface area contributed by atoms with Gasteiger partial charge in [-0.05, 0) is 36.3 Å². The van der Waals surface area contributed by atoms with E-state index in [4.69, 9.17) is 9.16 Å². The SMILES string of the molecule is COC1CN(c2ccc(N3CCN(c4cccc(CO[Si](C)(C)C(C)(C)C)c4F)CC3)nn2)C1. The van der Waals surface area contributed by atoms with E-state index in [1.165, 1.54) is 0 Å². The molecule has 0 unspecified atom stereocenters. The van der Waals surface area contributed by atoms with Crippen LogP contribution in [0.1, 0.15) is 26.3 Å². The van der Waals surface area contributed by atoms with Crippen molar-refractivity contribution in [2.45, 2.75) is 51.6 Å². The molecule has 0 bridgehead atoms. The molecule has 2 saturated heterocycles. The second kappa shape index (κ2) is 9.79. The number of hydrogen-bond donors (Lipinski definition) is 0. The van der Waals surface area contributed by atoms with Crippen molar-refractivity contribution in [3.8, 4) is 0 Å². The molecule has 2 aliphatic rings. The molecule has 2 fully saturated rings. The fourth-order valence-electron chi connectivity index (χ4n) is 4.00. The van der Waals surface area contributed by atoms with Crippen LogP contribution in [0, 0.1) is 5.82 Å². The molecule has 7 nitrogen and oxygen atoms in total. The van der Waals surface area contributed by atoms with Crippen LogP contribution in [0.3, 0.4) is 0 Å². The number of benzene rings is 1. The van der Waals surface area contributed by atoms with Crippen LogP contribution in [0.2, 0.25) is 18.1 Å². The second-order valence-electron chi connectivity index (χ2n) is 10.8. The predicted molar refractivity (Wildman–Crippen MR) is 138 cm³/mol. The number of halogens is 1. The van der Waals surface area contributed by atoms with Crippen LogP contribution in [-0.4, -0.2) is 71.0 Å². The van der Waals surface area contributed by atoms with E-state index in [1.807, 2.05) is 30.3 Å². The molecule has 1 aromatic heterocycles. The summed E-state index contributed by atoms with van der Waals surface area (Å²) in [5.74, 6) is 1.58. The highest BCUT2D eigenvalue weighted by Crippen LogP contribution is 2.37. The molecule has 4 rings (SSSR count). The van der Waals surface area contributed by atoms with Gasteiger partial charge in [0, 0.05) is 51.9 Å². The van der Waals surface area contributed by atoms with E-state index in [9.17, 15) is 0 Å². The van der Waals surface area contributed by atoms with Crippen molar-refractivity contribution in [1.29, 1.82) is 0 Å². The zero-order chi connectivity index (χ0) is 24.5. The Labute approximate surface area is 204 Å². The van der Waals surface area contributed by atoms with Gasteiger partial charge in [-0.2, -0.15) is 0 Å². The van der Waals surface area contributed by atoms with E-state index in [0.717, 1.165) is 50.9 Å². The molecule has 0 atom stereocenters. The zero-order valence-corrected chi connectivity index (χ0v) is 22.3. The number of aromatic nitrogens is 2. The molecular weight excluding hydrogens is 449 g/mol. The number of nitrogens with zero attached hydrogens (tertiary/aromatic N) is 5. The first-order chi connectivity index (χ1) is 16.1. The van der Waals surface area contributed by atoms with E-state index in [-0.39, 0.29) is 17.0 Å². The smallest absolute Gasteiger partial charge is 0.192 e. The van der Waals surface area contributed by atoms with Crippen LogP contribution >= 0.6 is 0 Å². The predicted octanol–water partition coefficient (Wildman–Crippen LogP) is 4.30. The highest BCUT2D eigenvalue weighted by atomic mass is 28.4. The molecule has 3 heterocycles. The Hall–Kier alpha value is -2.23. The lowest BCUT2D eigenvalue weighted by molar-refractivity contribution is 0.0782. The zero-order valence-electron chi connectivity index (χ0n) is 21.3. The van der Waals surface area contributed by atoms with Gasteiger partial charge in [-0.25, -0.2) is 4.39 Å². The quantitative estimate of drug-likeness (QED) is 0.540. The van der Waals surface area contributed by atoms with Crippen LogP contribution in [0.25, 0.3) is 0 Å². The first-order valence-electron chi connectivity index (χ1n) is 12.1. The molecule has 0 radical (unpaired) electrons. The average Bonchev–Trinajstić information content (AvgIpc) is 2.78. The highest BCUT2D eigenvalue weighted by molar-refractivity contribution is 6.74. The van der Waals surface area contributed by atoms with E-state index in [2.05, 4.69) is 58.8 Å². The number of anilines is 3. The topological polar surface area (TPSA) is 54.0 Å². The minimum Gasteiger partial charge on any atom is -0.412 e. The Morgan fingerprint density at radius 1 is 0.941 bits per heavy atom. The molecule has 0 amide bonds. The maximum absolute atomic E-state index is 15.4. The van der Waals surface area contributed by atoms with Gasteiger partial charge in [0.15, 0.2) is 25.8 Å². The molecule has 0 saturated carbocycles. The summed E-state index contributed by atoms with van der Waals surface area (Å²) in [6.45, 7) is 16.0. The van der Waals surface area contributed by atoms with Gasteiger partial charge >= 0.3 is 0 Å². The summed E-state index contributed by atoms with van der Waals surface area (Å²) in [4.78, 5) is 6.49. The van der Waals surface area contributed by atoms with Gasteiger partial charge in [-0.15, -0.1) is 10.2 Å². The van der Waals surface area contributed by atoms with Crippen molar-refractivity contribution < 1.29 is 13.6 Å². The number of rotatable bonds is 7. The summed E-state index contributed by atoms with van der Waals surface area (Å²) in [5.41, 5.74) is 1.29. The van der Waals surface area contributed by atoms with E-state index >= 15 is 4.39 Å². The summed E-state index contributed by atoms with van der Waals surface area (Å²) in [5, 5.41) is 8.94. The number of hydrogen-bond acceptors (Lipinski definition) is 7. The van der Waals surface area contributed by atoms with Crippen molar-refractivity contribution in [2.24, 2.45) is 0 Å². The normalized spacial score (nSPS) is 17.8. The van der Waals surface area contributed by atoms with Crippen molar-refractivity contribution in [2.75, 3.05) is 61.1 Å². The summed E-state index contributed by atoms with van der Waals surface area (Å²) in [7, 11) is -0.201. The van der Waals surface area contributed by atoms with Gasteiger partial charge in [-0.3, -0.25) is 0 Å². The van der Waals surface area contributed by atoms with Crippen LogP contribution < -0.4 is 14.7 Å². The van der Waals surface area contributed by atoms with Gasteiger partial charge in [0.2, 0.25) is 0 Å².